The first-order chi connectivity index (χ1) is 11.8. The average molecular weight is 364 g/mol. The van der Waals surface area contributed by atoms with Crippen molar-refractivity contribution in [2.45, 2.75) is 6.04 Å². The Morgan fingerprint density at radius 2 is 2.24 bits per heavy atom. The standard InChI is InChI=1S/C14H13FN6O3S/c15-12-3-9(1-2-18-12)19-14-10(13(17)22)5-21(20-14)11-7-25(23,24)6-8(11)4-16/h1-3,5,8,11H,6-7H2,(H2,17,22)(H,18,19,20)/t8-,11?/m0/s1. The molecule has 11 heteroatoms. The van der Waals surface area contributed by atoms with Gasteiger partial charge in [0.1, 0.15) is 5.56 Å². The molecule has 2 atom stereocenters. The molecule has 3 rings (SSSR count). The van der Waals surface area contributed by atoms with Crippen LogP contribution in [-0.4, -0.2) is 40.6 Å². The second-order valence-corrected chi connectivity index (χ2v) is 7.76. The number of anilines is 2. The Bertz CT molecular complexity index is 981. The summed E-state index contributed by atoms with van der Waals surface area (Å²) in [5.41, 5.74) is 5.62. The van der Waals surface area contributed by atoms with E-state index in [9.17, 15) is 17.6 Å². The maximum atomic E-state index is 13.2. The van der Waals surface area contributed by atoms with Crippen LogP contribution in [0.5, 0.6) is 0 Å². The van der Waals surface area contributed by atoms with Gasteiger partial charge in [0.05, 0.1) is 29.5 Å². The van der Waals surface area contributed by atoms with Crippen molar-refractivity contribution in [3.63, 3.8) is 0 Å². The lowest BCUT2D eigenvalue weighted by Crippen LogP contribution is -2.17. The molecule has 0 bridgehead atoms. The van der Waals surface area contributed by atoms with Crippen molar-refractivity contribution in [3.05, 3.63) is 36.0 Å². The minimum atomic E-state index is -3.37. The first kappa shape index (κ1) is 16.8. The summed E-state index contributed by atoms with van der Waals surface area (Å²) < 4.78 is 38.0. The van der Waals surface area contributed by atoms with E-state index in [0.29, 0.717) is 0 Å². The van der Waals surface area contributed by atoms with E-state index >= 15 is 0 Å². The number of nitrogens with one attached hydrogen (secondary N) is 1. The average Bonchev–Trinajstić information content (AvgIpc) is 3.07. The van der Waals surface area contributed by atoms with Crippen LogP contribution < -0.4 is 11.1 Å². The molecule has 25 heavy (non-hydrogen) atoms. The molecule has 1 aliphatic rings. The molecule has 1 amide bonds. The highest BCUT2D eigenvalue weighted by molar-refractivity contribution is 7.91. The molecule has 2 aromatic rings. The van der Waals surface area contributed by atoms with Gasteiger partial charge in [-0.15, -0.1) is 0 Å². The van der Waals surface area contributed by atoms with Gasteiger partial charge in [-0.3, -0.25) is 9.48 Å². The third kappa shape index (κ3) is 3.43. The van der Waals surface area contributed by atoms with Crippen LogP contribution in [0.25, 0.3) is 0 Å². The number of hydrogen-bond donors (Lipinski definition) is 2. The van der Waals surface area contributed by atoms with Gasteiger partial charge in [-0.2, -0.15) is 14.8 Å². The number of amides is 1. The highest BCUT2D eigenvalue weighted by Crippen LogP contribution is 2.31. The predicted octanol–water partition coefficient (Wildman–Crippen LogP) is 0.369. The molecule has 1 aliphatic heterocycles. The Labute approximate surface area is 142 Å². The summed E-state index contributed by atoms with van der Waals surface area (Å²) in [7, 11) is -3.37. The largest absolute Gasteiger partial charge is 0.365 e. The van der Waals surface area contributed by atoms with E-state index < -0.39 is 33.7 Å². The van der Waals surface area contributed by atoms with Gasteiger partial charge in [0.2, 0.25) is 5.95 Å². The van der Waals surface area contributed by atoms with Crippen LogP contribution in [0.4, 0.5) is 15.9 Å². The van der Waals surface area contributed by atoms with Crippen molar-refractivity contribution >= 4 is 27.2 Å². The van der Waals surface area contributed by atoms with Gasteiger partial charge in [0.15, 0.2) is 15.7 Å². The van der Waals surface area contributed by atoms with Crippen LogP contribution in [0.2, 0.25) is 0 Å². The number of pyridine rings is 1. The molecule has 2 aromatic heterocycles. The summed E-state index contributed by atoms with van der Waals surface area (Å²) in [6, 6.07) is 3.79. The highest BCUT2D eigenvalue weighted by atomic mass is 32.2. The number of nitriles is 1. The summed E-state index contributed by atoms with van der Waals surface area (Å²) in [5.74, 6) is -2.78. The van der Waals surface area contributed by atoms with Crippen molar-refractivity contribution in [3.8, 4) is 6.07 Å². The third-order valence-electron chi connectivity index (χ3n) is 3.81. The molecule has 0 radical (unpaired) electrons. The highest BCUT2D eigenvalue weighted by Gasteiger charge is 2.40. The lowest BCUT2D eigenvalue weighted by molar-refractivity contribution is 0.100. The number of nitrogens with two attached hydrogens (primary N) is 1. The van der Waals surface area contributed by atoms with Gasteiger partial charge in [-0.1, -0.05) is 0 Å². The summed E-state index contributed by atoms with van der Waals surface area (Å²) >= 11 is 0. The quantitative estimate of drug-likeness (QED) is 0.746. The zero-order valence-electron chi connectivity index (χ0n) is 12.8. The van der Waals surface area contributed by atoms with E-state index in [4.69, 9.17) is 11.0 Å². The maximum absolute atomic E-state index is 13.2. The summed E-state index contributed by atoms with van der Waals surface area (Å²) in [4.78, 5) is 15.1. The van der Waals surface area contributed by atoms with Gasteiger partial charge in [-0.25, -0.2) is 13.4 Å². The number of halogens is 1. The number of sulfone groups is 1. The van der Waals surface area contributed by atoms with Crippen LogP contribution in [0, 0.1) is 23.2 Å². The molecule has 3 N–H and O–H groups in total. The first-order valence-corrected chi connectivity index (χ1v) is 8.99. The zero-order chi connectivity index (χ0) is 18.2. The molecule has 1 fully saturated rings. The first-order valence-electron chi connectivity index (χ1n) is 7.16. The van der Waals surface area contributed by atoms with Gasteiger partial charge >= 0.3 is 0 Å². The number of hydrogen-bond acceptors (Lipinski definition) is 7. The number of aromatic nitrogens is 3. The van der Waals surface area contributed by atoms with Crippen LogP contribution in [0.1, 0.15) is 16.4 Å². The zero-order valence-corrected chi connectivity index (χ0v) is 13.6. The van der Waals surface area contributed by atoms with Crippen molar-refractivity contribution in [1.29, 1.82) is 5.26 Å². The van der Waals surface area contributed by atoms with Crippen LogP contribution in [0.15, 0.2) is 24.5 Å². The molecule has 0 aromatic carbocycles. The number of nitrogens with zero attached hydrogens (tertiary/aromatic N) is 4. The van der Waals surface area contributed by atoms with Crippen molar-refractivity contribution in [2.75, 3.05) is 16.8 Å². The predicted molar refractivity (Wildman–Crippen MR) is 85.0 cm³/mol. The van der Waals surface area contributed by atoms with Crippen molar-refractivity contribution in [1.82, 2.24) is 14.8 Å². The van der Waals surface area contributed by atoms with Crippen molar-refractivity contribution < 1.29 is 17.6 Å². The minimum Gasteiger partial charge on any atom is -0.365 e. The van der Waals surface area contributed by atoms with Crippen molar-refractivity contribution in [2.24, 2.45) is 11.7 Å². The smallest absolute Gasteiger partial charge is 0.254 e. The molecule has 130 valence electrons. The topological polar surface area (TPSA) is 144 Å². The second-order valence-electron chi connectivity index (χ2n) is 5.61. The monoisotopic (exact) mass is 364 g/mol. The van der Waals surface area contributed by atoms with E-state index in [-0.39, 0.29) is 28.6 Å². The lowest BCUT2D eigenvalue weighted by Gasteiger charge is -2.11. The van der Waals surface area contributed by atoms with Gasteiger partial charge < -0.3 is 11.1 Å². The number of carbonyl (C=O) groups excluding carboxylic acids is 1. The molecule has 9 nitrogen and oxygen atoms in total. The fourth-order valence-electron chi connectivity index (χ4n) is 2.66. The second kappa shape index (κ2) is 6.14. The molecule has 1 saturated heterocycles. The third-order valence-corrected chi connectivity index (χ3v) is 5.53. The Kier molecular flexibility index (Phi) is 4.13. The maximum Gasteiger partial charge on any atom is 0.254 e. The van der Waals surface area contributed by atoms with Crippen LogP contribution >= 0.6 is 0 Å². The number of rotatable bonds is 4. The summed E-state index contributed by atoms with van der Waals surface area (Å²) in [6.07, 6.45) is 2.52. The van der Waals surface area contributed by atoms with Gasteiger partial charge in [0.25, 0.3) is 5.91 Å². The summed E-state index contributed by atoms with van der Waals surface area (Å²) in [6.45, 7) is 0. The number of carbonyl (C=O) groups is 1. The van der Waals surface area contributed by atoms with Gasteiger partial charge in [-0.05, 0) is 6.07 Å². The molecule has 0 spiro atoms. The SMILES string of the molecule is N#C[C@H]1CS(=O)(=O)CC1n1cc(C(N)=O)c(Nc2ccnc(F)c2)n1. The Hall–Kier alpha value is -3.00. The fourth-order valence-corrected chi connectivity index (χ4v) is 4.55. The Morgan fingerprint density at radius 1 is 1.48 bits per heavy atom. The Balaban J connectivity index is 1.98. The summed E-state index contributed by atoms with van der Waals surface area (Å²) in [5, 5.41) is 16.1. The van der Waals surface area contributed by atoms with E-state index in [2.05, 4.69) is 15.4 Å². The lowest BCUT2D eigenvalue weighted by atomic mass is 10.1. The molecular formula is C14H13FN6O3S. The fraction of sp³-hybridized carbons (Fsp3) is 0.286. The van der Waals surface area contributed by atoms with E-state index in [1.165, 1.54) is 23.1 Å². The molecule has 0 saturated carbocycles. The van der Waals surface area contributed by atoms with Gasteiger partial charge in [0, 0.05) is 24.1 Å². The van der Waals surface area contributed by atoms with Crippen LogP contribution in [0.3, 0.4) is 0 Å². The van der Waals surface area contributed by atoms with E-state index in [0.717, 1.165) is 6.07 Å². The normalized spacial score (nSPS) is 21.6. The number of primary amides is 1. The van der Waals surface area contributed by atoms with E-state index in [1.807, 2.05) is 6.07 Å². The van der Waals surface area contributed by atoms with E-state index in [1.54, 1.807) is 0 Å². The minimum absolute atomic E-state index is 0.00166. The molecule has 3 heterocycles. The molecular weight excluding hydrogens is 351 g/mol. The molecule has 0 aliphatic carbocycles. The Morgan fingerprint density at radius 3 is 2.88 bits per heavy atom. The molecule has 1 unspecified atom stereocenters. The van der Waals surface area contributed by atoms with Crippen LogP contribution in [-0.2, 0) is 9.84 Å².